The lowest BCUT2D eigenvalue weighted by atomic mass is 10.1. The smallest absolute Gasteiger partial charge is 0.129 e. The Morgan fingerprint density at radius 3 is 2.93 bits per heavy atom. The Labute approximate surface area is 87.0 Å². The van der Waals surface area contributed by atoms with Gasteiger partial charge in [-0.25, -0.2) is 0 Å². The summed E-state index contributed by atoms with van der Waals surface area (Å²) in [5.41, 5.74) is 2.62. The first kappa shape index (κ1) is 8.06. The van der Waals surface area contributed by atoms with E-state index in [-0.39, 0.29) is 6.10 Å². The molecule has 0 fully saturated rings. The van der Waals surface area contributed by atoms with Gasteiger partial charge in [-0.2, -0.15) is 11.3 Å². The van der Waals surface area contributed by atoms with Crippen LogP contribution in [0.25, 0.3) is 0 Å². The summed E-state index contributed by atoms with van der Waals surface area (Å²) < 4.78 is 5.86. The number of hydrogen-bond donors (Lipinski definition) is 0. The predicted molar refractivity (Wildman–Crippen MR) is 57.8 cm³/mol. The quantitative estimate of drug-likeness (QED) is 0.688. The Balaban J connectivity index is 1.92. The van der Waals surface area contributed by atoms with Crippen molar-refractivity contribution in [3.63, 3.8) is 0 Å². The maximum absolute atomic E-state index is 5.86. The van der Waals surface area contributed by atoms with Gasteiger partial charge in [0.2, 0.25) is 0 Å². The molecular formula is C12H10OS. The van der Waals surface area contributed by atoms with Crippen LogP contribution in [-0.4, -0.2) is 0 Å². The summed E-state index contributed by atoms with van der Waals surface area (Å²) in [6.07, 6.45) is 1.24. The molecule has 0 aliphatic carbocycles. The normalized spacial score (nSPS) is 19.0. The molecule has 1 atom stereocenters. The van der Waals surface area contributed by atoms with Gasteiger partial charge in [-0.05, 0) is 28.5 Å². The van der Waals surface area contributed by atoms with Crippen molar-refractivity contribution in [2.75, 3.05) is 0 Å². The van der Waals surface area contributed by atoms with Gasteiger partial charge >= 0.3 is 0 Å². The number of ether oxygens (including phenoxy) is 1. The van der Waals surface area contributed by atoms with Crippen LogP contribution in [0.2, 0.25) is 0 Å². The van der Waals surface area contributed by atoms with Gasteiger partial charge in [0.15, 0.2) is 0 Å². The minimum Gasteiger partial charge on any atom is -0.485 e. The van der Waals surface area contributed by atoms with Crippen LogP contribution in [0.1, 0.15) is 17.2 Å². The molecule has 0 radical (unpaired) electrons. The van der Waals surface area contributed by atoms with E-state index in [0.717, 1.165) is 12.2 Å². The Morgan fingerprint density at radius 2 is 2.14 bits per heavy atom. The molecule has 70 valence electrons. The van der Waals surface area contributed by atoms with Crippen molar-refractivity contribution in [1.29, 1.82) is 0 Å². The van der Waals surface area contributed by atoms with Gasteiger partial charge in [0.25, 0.3) is 0 Å². The molecule has 1 aliphatic rings. The van der Waals surface area contributed by atoms with Gasteiger partial charge in [-0.1, -0.05) is 18.2 Å². The van der Waals surface area contributed by atoms with Crippen LogP contribution >= 0.6 is 11.3 Å². The fraction of sp³-hybridized carbons (Fsp3) is 0.167. The van der Waals surface area contributed by atoms with E-state index in [1.807, 2.05) is 12.1 Å². The summed E-state index contributed by atoms with van der Waals surface area (Å²) >= 11 is 1.73. The SMILES string of the molecule is c1ccc2c(c1)CC(c1ccsc1)O2. The standard InChI is InChI=1S/C12H10OS/c1-2-4-11-9(3-1)7-12(13-11)10-5-6-14-8-10/h1-6,8,12H,7H2. The Hall–Kier alpha value is -1.28. The molecule has 1 nitrogen and oxygen atoms in total. The first-order chi connectivity index (χ1) is 6.93. The first-order valence-electron chi connectivity index (χ1n) is 4.70. The molecule has 0 spiro atoms. The number of rotatable bonds is 1. The maximum Gasteiger partial charge on any atom is 0.129 e. The zero-order valence-electron chi connectivity index (χ0n) is 7.64. The van der Waals surface area contributed by atoms with Crippen molar-refractivity contribution in [3.05, 3.63) is 52.2 Å². The van der Waals surface area contributed by atoms with Crippen molar-refractivity contribution >= 4 is 11.3 Å². The van der Waals surface area contributed by atoms with Gasteiger partial charge in [0.1, 0.15) is 11.9 Å². The summed E-state index contributed by atoms with van der Waals surface area (Å²) in [5, 5.41) is 4.26. The molecule has 1 aromatic heterocycles. The molecule has 1 aliphatic heterocycles. The molecule has 0 bridgehead atoms. The zero-order chi connectivity index (χ0) is 9.38. The molecule has 1 aromatic carbocycles. The highest BCUT2D eigenvalue weighted by Crippen LogP contribution is 2.36. The van der Waals surface area contributed by atoms with Crippen molar-refractivity contribution in [2.24, 2.45) is 0 Å². The molecule has 0 N–H and O–H groups in total. The molecule has 0 amide bonds. The Kier molecular flexibility index (Phi) is 1.81. The summed E-state index contributed by atoms with van der Waals surface area (Å²) in [6.45, 7) is 0. The van der Waals surface area contributed by atoms with Gasteiger partial charge in [0.05, 0.1) is 0 Å². The number of fused-ring (bicyclic) bond motifs is 1. The summed E-state index contributed by atoms with van der Waals surface area (Å²) in [4.78, 5) is 0. The third kappa shape index (κ3) is 1.23. The fourth-order valence-electron chi connectivity index (χ4n) is 1.83. The lowest BCUT2D eigenvalue weighted by molar-refractivity contribution is 0.239. The lowest BCUT2D eigenvalue weighted by Crippen LogP contribution is -2.00. The molecule has 0 saturated heterocycles. The highest BCUT2D eigenvalue weighted by atomic mass is 32.1. The average Bonchev–Trinajstić information content (AvgIpc) is 2.86. The van der Waals surface area contributed by atoms with Gasteiger partial charge in [0, 0.05) is 12.0 Å². The Morgan fingerprint density at radius 1 is 1.21 bits per heavy atom. The van der Waals surface area contributed by atoms with Gasteiger partial charge in [-0.15, -0.1) is 0 Å². The average molecular weight is 202 g/mol. The molecule has 14 heavy (non-hydrogen) atoms. The number of hydrogen-bond acceptors (Lipinski definition) is 2. The largest absolute Gasteiger partial charge is 0.485 e. The van der Waals surface area contributed by atoms with Crippen molar-refractivity contribution in [3.8, 4) is 5.75 Å². The molecule has 0 saturated carbocycles. The molecule has 3 rings (SSSR count). The van der Waals surface area contributed by atoms with Crippen LogP contribution in [0.4, 0.5) is 0 Å². The van der Waals surface area contributed by atoms with E-state index < -0.39 is 0 Å². The first-order valence-corrected chi connectivity index (χ1v) is 5.64. The monoisotopic (exact) mass is 202 g/mol. The van der Waals surface area contributed by atoms with E-state index in [4.69, 9.17) is 4.74 Å². The topological polar surface area (TPSA) is 9.23 Å². The van der Waals surface area contributed by atoms with E-state index in [0.29, 0.717) is 0 Å². The zero-order valence-corrected chi connectivity index (χ0v) is 8.46. The minimum absolute atomic E-state index is 0.235. The second-order valence-electron chi connectivity index (χ2n) is 3.48. The molecular weight excluding hydrogens is 192 g/mol. The number of para-hydroxylation sites is 1. The van der Waals surface area contributed by atoms with E-state index in [9.17, 15) is 0 Å². The lowest BCUT2D eigenvalue weighted by Gasteiger charge is -2.07. The van der Waals surface area contributed by atoms with Crippen molar-refractivity contribution in [1.82, 2.24) is 0 Å². The number of benzene rings is 1. The third-order valence-corrected chi connectivity index (χ3v) is 3.26. The Bertz CT molecular complexity index is 408. The van der Waals surface area contributed by atoms with Gasteiger partial charge < -0.3 is 4.74 Å². The van der Waals surface area contributed by atoms with E-state index in [1.54, 1.807) is 11.3 Å². The van der Waals surface area contributed by atoms with Crippen molar-refractivity contribution < 1.29 is 4.74 Å². The fourth-order valence-corrected chi connectivity index (χ4v) is 2.53. The highest BCUT2D eigenvalue weighted by molar-refractivity contribution is 7.07. The predicted octanol–water partition coefficient (Wildman–Crippen LogP) is 3.42. The summed E-state index contributed by atoms with van der Waals surface area (Å²) in [7, 11) is 0. The third-order valence-electron chi connectivity index (χ3n) is 2.56. The summed E-state index contributed by atoms with van der Waals surface area (Å²) in [6, 6.07) is 10.4. The molecule has 2 aromatic rings. The van der Waals surface area contributed by atoms with E-state index >= 15 is 0 Å². The second kappa shape index (κ2) is 3.14. The van der Waals surface area contributed by atoms with Crippen LogP contribution in [0.15, 0.2) is 41.1 Å². The number of thiophene rings is 1. The van der Waals surface area contributed by atoms with E-state index in [2.05, 4.69) is 29.0 Å². The molecule has 1 unspecified atom stereocenters. The van der Waals surface area contributed by atoms with Crippen LogP contribution in [0.5, 0.6) is 5.75 Å². The molecule has 2 heterocycles. The summed E-state index contributed by atoms with van der Waals surface area (Å²) in [5.74, 6) is 1.05. The van der Waals surface area contributed by atoms with Crippen LogP contribution in [0, 0.1) is 0 Å². The second-order valence-corrected chi connectivity index (χ2v) is 4.26. The van der Waals surface area contributed by atoms with Crippen LogP contribution < -0.4 is 4.74 Å². The van der Waals surface area contributed by atoms with Gasteiger partial charge in [-0.3, -0.25) is 0 Å². The molecule has 2 heteroatoms. The van der Waals surface area contributed by atoms with Crippen molar-refractivity contribution in [2.45, 2.75) is 12.5 Å². The minimum atomic E-state index is 0.235. The highest BCUT2D eigenvalue weighted by Gasteiger charge is 2.23. The van der Waals surface area contributed by atoms with Crippen LogP contribution in [-0.2, 0) is 6.42 Å². The van der Waals surface area contributed by atoms with Crippen LogP contribution in [0.3, 0.4) is 0 Å². The maximum atomic E-state index is 5.86. The van der Waals surface area contributed by atoms with E-state index in [1.165, 1.54) is 11.1 Å².